The molecule has 3 N–H and O–H groups in total. The molecule has 0 bridgehead atoms. The Hall–Kier alpha value is -2.38. The van der Waals surface area contributed by atoms with Crippen LogP contribution >= 0.6 is 0 Å². The molecule has 0 unspecified atom stereocenters. The number of aromatic nitrogens is 2. The van der Waals surface area contributed by atoms with Crippen molar-refractivity contribution in [2.75, 3.05) is 18.4 Å². The van der Waals surface area contributed by atoms with Gasteiger partial charge in [0.25, 0.3) is 0 Å². The molecular formula is C12H18N4O4. The van der Waals surface area contributed by atoms with E-state index < -0.39 is 18.4 Å². The molecular weight excluding hydrogens is 264 g/mol. The zero-order valence-corrected chi connectivity index (χ0v) is 11.6. The van der Waals surface area contributed by atoms with Crippen LogP contribution in [0.4, 0.5) is 5.95 Å². The van der Waals surface area contributed by atoms with E-state index in [1.807, 2.05) is 13.8 Å². The molecule has 0 aliphatic carbocycles. The van der Waals surface area contributed by atoms with E-state index in [1.54, 1.807) is 13.0 Å². The summed E-state index contributed by atoms with van der Waals surface area (Å²) in [5.74, 6) is -0.881. The highest BCUT2D eigenvalue weighted by atomic mass is 16.5. The predicted octanol–water partition coefficient (Wildman–Crippen LogP) is 0.185. The molecule has 1 aromatic heterocycles. The number of nitrogens with zero attached hydrogens (tertiary/aromatic N) is 2. The van der Waals surface area contributed by atoms with E-state index in [9.17, 15) is 9.59 Å². The number of carbonyl (C=O) groups excluding carboxylic acids is 1. The third-order valence-electron chi connectivity index (χ3n) is 2.03. The van der Waals surface area contributed by atoms with Crippen molar-refractivity contribution in [1.82, 2.24) is 15.3 Å². The van der Waals surface area contributed by atoms with Gasteiger partial charge < -0.3 is 20.5 Å². The molecule has 8 heteroatoms. The summed E-state index contributed by atoms with van der Waals surface area (Å²) in [5.41, 5.74) is 0.698. The van der Waals surface area contributed by atoms with Crippen molar-refractivity contribution in [3.05, 3.63) is 11.8 Å². The molecule has 1 heterocycles. The smallest absolute Gasteiger partial charge is 0.322 e. The maximum absolute atomic E-state index is 11.3. The summed E-state index contributed by atoms with van der Waals surface area (Å²) < 4.78 is 5.45. The van der Waals surface area contributed by atoms with Crippen LogP contribution < -0.4 is 15.4 Å². The van der Waals surface area contributed by atoms with Gasteiger partial charge in [-0.25, -0.2) is 4.98 Å². The highest BCUT2D eigenvalue weighted by Gasteiger charge is 2.07. The summed E-state index contributed by atoms with van der Waals surface area (Å²) in [7, 11) is 0. The Kier molecular flexibility index (Phi) is 5.70. The van der Waals surface area contributed by atoms with Gasteiger partial charge in [0, 0.05) is 11.8 Å². The van der Waals surface area contributed by atoms with Crippen LogP contribution in [0.5, 0.6) is 5.88 Å². The molecule has 1 rings (SSSR count). The molecule has 0 aliphatic heterocycles. The predicted molar refractivity (Wildman–Crippen MR) is 71.7 cm³/mol. The Balaban J connectivity index is 2.57. The number of aryl methyl sites for hydroxylation is 1. The number of carbonyl (C=O) groups is 2. The number of rotatable bonds is 7. The molecule has 1 aromatic rings. The topological polar surface area (TPSA) is 113 Å². The fourth-order valence-electron chi connectivity index (χ4n) is 1.32. The quantitative estimate of drug-likeness (QED) is 0.654. The van der Waals surface area contributed by atoms with Crippen LogP contribution in [0, 0.1) is 6.92 Å². The number of carboxylic acids is 1. The van der Waals surface area contributed by atoms with Crippen molar-refractivity contribution >= 4 is 17.8 Å². The Morgan fingerprint density at radius 2 is 2.05 bits per heavy atom. The maximum Gasteiger partial charge on any atom is 0.322 e. The molecule has 8 nitrogen and oxygen atoms in total. The molecule has 20 heavy (non-hydrogen) atoms. The second-order valence-corrected chi connectivity index (χ2v) is 4.36. The maximum atomic E-state index is 11.3. The monoisotopic (exact) mass is 282 g/mol. The van der Waals surface area contributed by atoms with E-state index in [-0.39, 0.29) is 18.6 Å². The molecule has 0 atom stereocenters. The van der Waals surface area contributed by atoms with Gasteiger partial charge in [0.15, 0.2) is 0 Å². The first kappa shape index (κ1) is 15.7. The number of hydrogen-bond acceptors (Lipinski definition) is 6. The highest BCUT2D eigenvalue weighted by Crippen LogP contribution is 2.13. The van der Waals surface area contributed by atoms with Crippen LogP contribution in [-0.2, 0) is 9.59 Å². The molecule has 0 spiro atoms. The van der Waals surface area contributed by atoms with E-state index in [2.05, 4.69) is 20.6 Å². The van der Waals surface area contributed by atoms with Crippen LogP contribution in [0.15, 0.2) is 6.07 Å². The summed E-state index contributed by atoms with van der Waals surface area (Å²) in [4.78, 5) is 29.8. The first-order valence-corrected chi connectivity index (χ1v) is 6.11. The van der Waals surface area contributed by atoms with Crippen molar-refractivity contribution in [2.45, 2.75) is 26.9 Å². The summed E-state index contributed by atoms with van der Waals surface area (Å²) in [6.45, 7) is 5.01. The molecule has 0 radical (unpaired) electrons. The normalized spacial score (nSPS) is 10.2. The van der Waals surface area contributed by atoms with Crippen LogP contribution in [0.3, 0.4) is 0 Å². The van der Waals surface area contributed by atoms with Crippen molar-refractivity contribution in [2.24, 2.45) is 0 Å². The molecule has 0 aromatic carbocycles. The van der Waals surface area contributed by atoms with Gasteiger partial charge in [-0.2, -0.15) is 4.98 Å². The Bertz CT molecular complexity index is 490. The molecule has 1 amide bonds. The lowest BCUT2D eigenvalue weighted by atomic mass is 10.4. The average molecular weight is 282 g/mol. The van der Waals surface area contributed by atoms with E-state index in [1.165, 1.54) is 0 Å². The summed E-state index contributed by atoms with van der Waals surface area (Å²) in [6, 6.07) is 1.69. The summed E-state index contributed by atoms with van der Waals surface area (Å²) in [6.07, 6.45) is -0.0176. The fourth-order valence-corrected chi connectivity index (χ4v) is 1.32. The Labute approximate surface area is 116 Å². The van der Waals surface area contributed by atoms with Gasteiger partial charge in [-0.15, -0.1) is 0 Å². The van der Waals surface area contributed by atoms with Gasteiger partial charge in [-0.05, 0) is 20.8 Å². The van der Waals surface area contributed by atoms with E-state index in [0.717, 1.165) is 0 Å². The van der Waals surface area contributed by atoms with Gasteiger partial charge in [-0.1, -0.05) is 0 Å². The zero-order chi connectivity index (χ0) is 15.1. The van der Waals surface area contributed by atoms with E-state index in [0.29, 0.717) is 11.6 Å². The average Bonchev–Trinajstić information content (AvgIpc) is 2.32. The van der Waals surface area contributed by atoms with Gasteiger partial charge in [0.1, 0.15) is 6.54 Å². The van der Waals surface area contributed by atoms with Crippen LogP contribution in [-0.4, -0.2) is 46.1 Å². The third kappa shape index (κ3) is 5.98. The SMILES string of the molecule is Cc1cc(OC(C)C)nc(NCC(=O)NCC(=O)O)n1. The van der Waals surface area contributed by atoms with Crippen LogP contribution in [0.25, 0.3) is 0 Å². The number of ether oxygens (including phenoxy) is 1. The summed E-state index contributed by atoms with van der Waals surface area (Å²) in [5, 5.41) is 13.4. The van der Waals surface area contributed by atoms with Crippen molar-refractivity contribution in [3.8, 4) is 5.88 Å². The highest BCUT2D eigenvalue weighted by molar-refractivity contribution is 5.83. The van der Waals surface area contributed by atoms with Crippen molar-refractivity contribution in [1.29, 1.82) is 0 Å². The molecule has 0 fully saturated rings. The number of nitrogens with one attached hydrogen (secondary N) is 2. The van der Waals surface area contributed by atoms with Crippen molar-refractivity contribution < 1.29 is 19.4 Å². The zero-order valence-electron chi connectivity index (χ0n) is 11.6. The largest absolute Gasteiger partial charge is 0.480 e. The molecule has 110 valence electrons. The molecule has 0 saturated carbocycles. The number of amides is 1. The first-order chi connectivity index (χ1) is 9.36. The second-order valence-electron chi connectivity index (χ2n) is 4.36. The number of aliphatic carboxylic acids is 1. The minimum absolute atomic E-state index is 0.0176. The standard InChI is InChI=1S/C12H18N4O4/c1-7(2)20-10-4-8(3)15-12(16-10)14-5-9(17)13-6-11(18)19/h4,7H,5-6H2,1-3H3,(H,13,17)(H,18,19)(H,14,15,16). The van der Waals surface area contributed by atoms with Crippen molar-refractivity contribution in [3.63, 3.8) is 0 Å². The van der Waals surface area contributed by atoms with Gasteiger partial charge >= 0.3 is 5.97 Å². The van der Waals surface area contributed by atoms with E-state index in [4.69, 9.17) is 9.84 Å². The lowest BCUT2D eigenvalue weighted by Gasteiger charge is -2.11. The summed E-state index contributed by atoms with van der Waals surface area (Å²) >= 11 is 0. The first-order valence-electron chi connectivity index (χ1n) is 6.11. The minimum Gasteiger partial charge on any atom is -0.480 e. The van der Waals surface area contributed by atoms with Crippen LogP contribution in [0.2, 0.25) is 0 Å². The van der Waals surface area contributed by atoms with Gasteiger partial charge in [0.05, 0.1) is 12.6 Å². The fraction of sp³-hybridized carbons (Fsp3) is 0.500. The molecule has 0 saturated heterocycles. The Morgan fingerprint density at radius 3 is 2.65 bits per heavy atom. The number of carboxylic acid groups (broad SMARTS) is 1. The minimum atomic E-state index is -1.10. The molecule has 0 aliphatic rings. The van der Waals surface area contributed by atoms with E-state index >= 15 is 0 Å². The van der Waals surface area contributed by atoms with Gasteiger partial charge in [0.2, 0.25) is 17.7 Å². The number of hydrogen-bond donors (Lipinski definition) is 3. The second kappa shape index (κ2) is 7.27. The van der Waals surface area contributed by atoms with Gasteiger partial charge in [-0.3, -0.25) is 9.59 Å². The Morgan fingerprint density at radius 1 is 1.35 bits per heavy atom. The number of anilines is 1. The lowest BCUT2D eigenvalue weighted by molar-refractivity contribution is -0.137. The third-order valence-corrected chi connectivity index (χ3v) is 2.03. The van der Waals surface area contributed by atoms with Crippen LogP contribution in [0.1, 0.15) is 19.5 Å². The lowest BCUT2D eigenvalue weighted by Crippen LogP contribution is -2.34.